The Morgan fingerprint density at radius 3 is 2.68 bits per heavy atom. The number of halogens is 1. The van der Waals surface area contributed by atoms with Gasteiger partial charge in [-0.2, -0.15) is 0 Å². The molecule has 0 aliphatic heterocycles. The largest absolute Gasteiger partial charge is 0.496 e. The summed E-state index contributed by atoms with van der Waals surface area (Å²) < 4.78 is 5.13. The van der Waals surface area contributed by atoms with E-state index in [2.05, 4.69) is 5.32 Å². The maximum absolute atomic E-state index is 12.1. The van der Waals surface area contributed by atoms with Crippen molar-refractivity contribution in [3.05, 3.63) is 28.8 Å². The molecule has 6 heteroatoms. The first kappa shape index (κ1) is 15.7. The van der Waals surface area contributed by atoms with Gasteiger partial charge < -0.3 is 15.8 Å². The van der Waals surface area contributed by atoms with Crippen molar-refractivity contribution in [2.75, 3.05) is 13.7 Å². The molecule has 1 rings (SSSR count). The maximum Gasteiger partial charge on any atom is 0.255 e. The summed E-state index contributed by atoms with van der Waals surface area (Å²) in [6, 6.07) is 4.87. The first-order valence-electron chi connectivity index (χ1n) is 5.69. The molecule has 0 saturated heterocycles. The van der Waals surface area contributed by atoms with Gasteiger partial charge in [0.15, 0.2) is 0 Å². The van der Waals surface area contributed by atoms with Crippen LogP contribution in [0.4, 0.5) is 0 Å². The second-order valence-corrected chi connectivity index (χ2v) is 5.65. The van der Waals surface area contributed by atoms with Crippen LogP contribution in [-0.4, -0.2) is 24.6 Å². The molecule has 0 heterocycles. The zero-order valence-corrected chi connectivity index (χ0v) is 12.7. The quantitative estimate of drug-likeness (QED) is 0.820. The third-order valence-corrected chi connectivity index (χ3v) is 3.55. The van der Waals surface area contributed by atoms with Crippen molar-refractivity contribution >= 4 is 34.7 Å². The summed E-state index contributed by atoms with van der Waals surface area (Å²) in [4.78, 5) is 12.5. The fraction of sp³-hybridized carbons (Fsp3) is 0.385. The van der Waals surface area contributed by atoms with Gasteiger partial charge in [0.05, 0.1) is 17.7 Å². The summed E-state index contributed by atoms with van der Waals surface area (Å²) in [5.41, 5.74) is 5.55. The molecule has 0 aliphatic rings. The molecule has 104 valence electrons. The third kappa shape index (κ3) is 4.08. The SMILES string of the molecule is COc1ccc(Cl)cc1C(=O)NCC(C)(C)C(N)=S. The number of nitrogens with one attached hydrogen (secondary N) is 1. The molecule has 0 bridgehead atoms. The smallest absolute Gasteiger partial charge is 0.255 e. The third-order valence-electron chi connectivity index (χ3n) is 2.76. The summed E-state index contributed by atoms with van der Waals surface area (Å²) in [5, 5.41) is 3.25. The van der Waals surface area contributed by atoms with E-state index < -0.39 is 5.41 Å². The Kier molecular flexibility index (Phi) is 5.14. The van der Waals surface area contributed by atoms with Crippen LogP contribution >= 0.6 is 23.8 Å². The van der Waals surface area contributed by atoms with Crippen molar-refractivity contribution in [1.29, 1.82) is 0 Å². The monoisotopic (exact) mass is 300 g/mol. The van der Waals surface area contributed by atoms with E-state index >= 15 is 0 Å². The van der Waals surface area contributed by atoms with E-state index in [9.17, 15) is 4.79 Å². The summed E-state index contributed by atoms with van der Waals surface area (Å²) in [7, 11) is 1.50. The second kappa shape index (κ2) is 6.21. The lowest BCUT2D eigenvalue weighted by Gasteiger charge is -2.23. The molecule has 0 spiro atoms. The predicted molar refractivity (Wildman–Crippen MR) is 80.9 cm³/mol. The zero-order chi connectivity index (χ0) is 14.6. The molecular formula is C13H17ClN2O2S. The highest BCUT2D eigenvalue weighted by Gasteiger charge is 2.23. The lowest BCUT2D eigenvalue weighted by atomic mass is 9.93. The lowest BCUT2D eigenvalue weighted by Crippen LogP contribution is -2.41. The maximum atomic E-state index is 12.1. The zero-order valence-electron chi connectivity index (χ0n) is 11.1. The topological polar surface area (TPSA) is 64.3 Å². The van der Waals surface area contributed by atoms with Crippen LogP contribution in [0.1, 0.15) is 24.2 Å². The van der Waals surface area contributed by atoms with E-state index in [-0.39, 0.29) is 5.91 Å². The molecule has 3 N–H and O–H groups in total. The van der Waals surface area contributed by atoms with Crippen molar-refractivity contribution in [3.8, 4) is 5.75 Å². The average molecular weight is 301 g/mol. The molecule has 0 unspecified atom stereocenters. The summed E-state index contributed by atoms with van der Waals surface area (Å²) in [6.45, 7) is 4.08. The molecule has 0 saturated carbocycles. The van der Waals surface area contributed by atoms with Crippen LogP contribution < -0.4 is 15.8 Å². The van der Waals surface area contributed by atoms with Crippen molar-refractivity contribution in [1.82, 2.24) is 5.32 Å². The van der Waals surface area contributed by atoms with Crippen molar-refractivity contribution in [3.63, 3.8) is 0 Å². The van der Waals surface area contributed by atoms with Gasteiger partial charge in [-0.25, -0.2) is 0 Å². The minimum atomic E-state index is -0.448. The van der Waals surface area contributed by atoms with Gasteiger partial charge in [0.2, 0.25) is 0 Å². The number of amides is 1. The number of thiocarbonyl (C=S) groups is 1. The van der Waals surface area contributed by atoms with Gasteiger partial charge in [-0.15, -0.1) is 0 Å². The van der Waals surface area contributed by atoms with E-state index in [0.717, 1.165) is 0 Å². The van der Waals surface area contributed by atoms with Gasteiger partial charge in [-0.3, -0.25) is 4.79 Å². The van der Waals surface area contributed by atoms with Crippen LogP contribution in [0.2, 0.25) is 5.02 Å². The number of carbonyl (C=O) groups excluding carboxylic acids is 1. The van der Waals surface area contributed by atoms with Gasteiger partial charge in [-0.1, -0.05) is 37.7 Å². The van der Waals surface area contributed by atoms with Crippen LogP contribution in [0.3, 0.4) is 0 Å². The first-order valence-corrected chi connectivity index (χ1v) is 6.48. The van der Waals surface area contributed by atoms with E-state index in [0.29, 0.717) is 27.9 Å². The molecule has 1 aromatic rings. The summed E-state index contributed by atoms with van der Waals surface area (Å²) in [5.74, 6) is 0.193. The van der Waals surface area contributed by atoms with E-state index in [1.54, 1.807) is 18.2 Å². The summed E-state index contributed by atoms with van der Waals surface area (Å²) >= 11 is 10.8. The van der Waals surface area contributed by atoms with Gasteiger partial charge in [0.1, 0.15) is 5.75 Å². The predicted octanol–water partition coefficient (Wildman–Crippen LogP) is 2.39. The highest BCUT2D eigenvalue weighted by Crippen LogP contribution is 2.23. The molecule has 1 amide bonds. The minimum absolute atomic E-state index is 0.274. The fourth-order valence-corrected chi connectivity index (χ4v) is 1.59. The number of ether oxygens (including phenoxy) is 1. The molecule has 0 radical (unpaired) electrons. The Balaban J connectivity index is 2.84. The number of methoxy groups -OCH3 is 1. The normalized spacial score (nSPS) is 10.9. The lowest BCUT2D eigenvalue weighted by molar-refractivity contribution is 0.0942. The number of hydrogen-bond donors (Lipinski definition) is 2. The highest BCUT2D eigenvalue weighted by atomic mass is 35.5. The van der Waals surface area contributed by atoms with Crippen LogP contribution in [0.25, 0.3) is 0 Å². The average Bonchev–Trinajstić information content (AvgIpc) is 2.35. The van der Waals surface area contributed by atoms with Crippen LogP contribution in [0.15, 0.2) is 18.2 Å². The molecule has 0 atom stereocenters. The Morgan fingerprint density at radius 1 is 1.53 bits per heavy atom. The number of benzene rings is 1. The molecule has 0 aromatic heterocycles. The highest BCUT2D eigenvalue weighted by molar-refractivity contribution is 7.80. The number of carbonyl (C=O) groups is 1. The van der Waals surface area contributed by atoms with Crippen molar-refractivity contribution < 1.29 is 9.53 Å². The number of nitrogens with two attached hydrogens (primary N) is 1. The Labute approximate surface area is 123 Å². The van der Waals surface area contributed by atoms with Gasteiger partial charge in [0.25, 0.3) is 5.91 Å². The van der Waals surface area contributed by atoms with Crippen LogP contribution in [0, 0.1) is 5.41 Å². The Hall–Kier alpha value is -1.33. The molecule has 19 heavy (non-hydrogen) atoms. The molecule has 0 fully saturated rings. The molecule has 1 aromatic carbocycles. The second-order valence-electron chi connectivity index (χ2n) is 4.78. The fourth-order valence-electron chi connectivity index (χ4n) is 1.34. The standard InChI is InChI=1S/C13H17ClN2O2S/c1-13(2,12(15)19)7-16-11(17)9-6-8(14)4-5-10(9)18-3/h4-6H,7H2,1-3H3,(H2,15,19)(H,16,17). The van der Waals surface area contributed by atoms with Crippen molar-refractivity contribution in [2.45, 2.75) is 13.8 Å². The van der Waals surface area contributed by atoms with Crippen molar-refractivity contribution in [2.24, 2.45) is 11.1 Å². The number of rotatable bonds is 5. The summed E-state index contributed by atoms with van der Waals surface area (Å²) in [6.07, 6.45) is 0. The first-order chi connectivity index (χ1) is 8.77. The molecule has 4 nitrogen and oxygen atoms in total. The van der Waals surface area contributed by atoms with Gasteiger partial charge in [0, 0.05) is 17.0 Å². The van der Waals surface area contributed by atoms with Gasteiger partial charge >= 0.3 is 0 Å². The van der Waals surface area contributed by atoms with Gasteiger partial charge in [-0.05, 0) is 18.2 Å². The number of hydrogen-bond acceptors (Lipinski definition) is 3. The van der Waals surface area contributed by atoms with Crippen LogP contribution in [0.5, 0.6) is 5.75 Å². The van der Waals surface area contributed by atoms with E-state index in [1.165, 1.54) is 7.11 Å². The Bertz CT molecular complexity index is 503. The van der Waals surface area contributed by atoms with E-state index in [1.807, 2.05) is 13.8 Å². The minimum Gasteiger partial charge on any atom is -0.496 e. The van der Waals surface area contributed by atoms with Crippen LogP contribution in [-0.2, 0) is 0 Å². The molecular weight excluding hydrogens is 284 g/mol. The molecule has 0 aliphatic carbocycles. The Morgan fingerprint density at radius 2 is 2.16 bits per heavy atom. The van der Waals surface area contributed by atoms with E-state index in [4.69, 9.17) is 34.3 Å².